The fourth-order valence-electron chi connectivity index (χ4n) is 4.99. The Balaban J connectivity index is 1.81. The standard InChI is InChI=1S/C36H40ClN3O4S/c1-26-14-20-32(21-15-26)45(43,44)40(31-18-16-30(37)17-19-31)25-34(41)39(24-29-13-9-10-27(2)22-29)33(35(42)38-36(3,4)5)23-28-11-7-6-8-12-28/h6-22,33H,23-25H2,1-5H3,(H,38,42)/t33-/m1/s1. The summed E-state index contributed by atoms with van der Waals surface area (Å²) in [5, 5.41) is 3.48. The molecule has 0 aliphatic rings. The molecule has 0 heterocycles. The fraction of sp³-hybridized carbons (Fsp3) is 0.278. The lowest BCUT2D eigenvalue weighted by Gasteiger charge is -2.35. The Morgan fingerprint density at radius 1 is 0.800 bits per heavy atom. The van der Waals surface area contributed by atoms with Gasteiger partial charge in [-0.3, -0.25) is 13.9 Å². The van der Waals surface area contributed by atoms with Gasteiger partial charge in [0.1, 0.15) is 12.6 Å². The van der Waals surface area contributed by atoms with Crippen molar-refractivity contribution >= 4 is 39.1 Å². The van der Waals surface area contributed by atoms with Crippen LogP contribution in [0.5, 0.6) is 0 Å². The normalized spacial score (nSPS) is 12.3. The number of carbonyl (C=O) groups is 2. The number of amides is 2. The maximum Gasteiger partial charge on any atom is 0.264 e. The second kappa shape index (κ2) is 14.3. The van der Waals surface area contributed by atoms with Crippen molar-refractivity contribution in [2.24, 2.45) is 0 Å². The van der Waals surface area contributed by atoms with Crippen molar-refractivity contribution in [2.45, 2.75) is 64.1 Å². The molecule has 0 saturated heterocycles. The minimum Gasteiger partial charge on any atom is -0.350 e. The molecule has 2 amide bonds. The van der Waals surface area contributed by atoms with Crippen LogP contribution in [0.3, 0.4) is 0 Å². The van der Waals surface area contributed by atoms with Gasteiger partial charge in [0.05, 0.1) is 10.6 Å². The van der Waals surface area contributed by atoms with E-state index in [1.54, 1.807) is 36.4 Å². The number of nitrogens with one attached hydrogen (secondary N) is 1. The number of sulfonamides is 1. The van der Waals surface area contributed by atoms with E-state index in [0.717, 1.165) is 26.6 Å². The number of hydrogen-bond donors (Lipinski definition) is 1. The SMILES string of the molecule is Cc1ccc(S(=O)(=O)N(CC(=O)N(Cc2cccc(C)c2)[C@H](Cc2ccccc2)C(=O)NC(C)(C)C)c2ccc(Cl)cc2)cc1. The third-order valence-corrected chi connectivity index (χ3v) is 9.25. The van der Waals surface area contributed by atoms with E-state index in [2.05, 4.69) is 5.32 Å². The maximum atomic E-state index is 14.5. The van der Waals surface area contributed by atoms with Gasteiger partial charge in [-0.05, 0) is 82.1 Å². The molecule has 9 heteroatoms. The Hall–Kier alpha value is -4.14. The Bertz CT molecular complexity index is 1720. The van der Waals surface area contributed by atoms with Crippen LogP contribution in [0.15, 0.2) is 108 Å². The molecule has 0 spiro atoms. The molecule has 0 aliphatic heterocycles. The van der Waals surface area contributed by atoms with Gasteiger partial charge in [-0.1, -0.05) is 89.5 Å². The summed E-state index contributed by atoms with van der Waals surface area (Å²) in [5.74, 6) is -0.848. The van der Waals surface area contributed by atoms with Crippen molar-refractivity contribution < 1.29 is 18.0 Å². The van der Waals surface area contributed by atoms with Gasteiger partial charge < -0.3 is 10.2 Å². The highest BCUT2D eigenvalue weighted by Crippen LogP contribution is 2.27. The van der Waals surface area contributed by atoms with Crippen LogP contribution >= 0.6 is 11.6 Å². The van der Waals surface area contributed by atoms with Crippen LogP contribution < -0.4 is 9.62 Å². The number of nitrogens with zero attached hydrogens (tertiary/aromatic N) is 2. The van der Waals surface area contributed by atoms with Crippen molar-refractivity contribution in [3.63, 3.8) is 0 Å². The summed E-state index contributed by atoms with van der Waals surface area (Å²) in [6.45, 7) is 9.05. The van der Waals surface area contributed by atoms with Crippen LogP contribution in [0.2, 0.25) is 5.02 Å². The number of anilines is 1. The smallest absolute Gasteiger partial charge is 0.264 e. The molecule has 0 fully saturated rings. The molecule has 236 valence electrons. The first-order valence-corrected chi connectivity index (χ1v) is 16.6. The number of rotatable bonds is 11. The highest BCUT2D eigenvalue weighted by Gasteiger charge is 2.35. The number of benzene rings is 4. The third kappa shape index (κ3) is 9.19. The lowest BCUT2D eigenvalue weighted by atomic mass is 10.0. The zero-order valence-corrected chi connectivity index (χ0v) is 27.9. The van der Waals surface area contributed by atoms with Crippen LogP contribution in [0.4, 0.5) is 5.69 Å². The van der Waals surface area contributed by atoms with E-state index in [1.165, 1.54) is 17.0 Å². The molecule has 4 rings (SSSR count). The van der Waals surface area contributed by atoms with E-state index in [4.69, 9.17) is 11.6 Å². The molecule has 1 atom stereocenters. The van der Waals surface area contributed by atoms with Crippen molar-refractivity contribution in [3.05, 3.63) is 130 Å². The highest BCUT2D eigenvalue weighted by atomic mass is 35.5. The average molecular weight is 646 g/mol. The summed E-state index contributed by atoms with van der Waals surface area (Å²) in [6, 6.07) is 29.1. The van der Waals surface area contributed by atoms with E-state index in [0.29, 0.717) is 5.02 Å². The average Bonchev–Trinajstić information content (AvgIpc) is 2.98. The van der Waals surface area contributed by atoms with Gasteiger partial charge in [0.15, 0.2) is 0 Å². The van der Waals surface area contributed by atoms with E-state index >= 15 is 0 Å². The van der Waals surface area contributed by atoms with Crippen molar-refractivity contribution in [2.75, 3.05) is 10.8 Å². The molecule has 0 bridgehead atoms. The highest BCUT2D eigenvalue weighted by molar-refractivity contribution is 7.92. The van der Waals surface area contributed by atoms with Crippen LogP contribution in [-0.2, 0) is 32.6 Å². The zero-order chi connectivity index (χ0) is 32.8. The van der Waals surface area contributed by atoms with Gasteiger partial charge in [-0.15, -0.1) is 0 Å². The van der Waals surface area contributed by atoms with E-state index in [-0.39, 0.29) is 29.5 Å². The predicted molar refractivity (Wildman–Crippen MR) is 181 cm³/mol. The molecule has 1 N–H and O–H groups in total. The molecule has 0 radical (unpaired) electrons. The summed E-state index contributed by atoms with van der Waals surface area (Å²) < 4.78 is 29.3. The number of hydrogen-bond acceptors (Lipinski definition) is 4. The van der Waals surface area contributed by atoms with Crippen LogP contribution in [0.25, 0.3) is 0 Å². The van der Waals surface area contributed by atoms with Crippen LogP contribution in [-0.4, -0.2) is 43.3 Å². The molecule has 45 heavy (non-hydrogen) atoms. The van der Waals surface area contributed by atoms with E-state index < -0.39 is 34.1 Å². The first-order valence-electron chi connectivity index (χ1n) is 14.8. The number of aryl methyl sites for hydroxylation is 2. The summed E-state index contributed by atoms with van der Waals surface area (Å²) >= 11 is 6.14. The van der Waals surface area contributed by atoms with E-state index in [1.807, 2.05) is 89.2 Å². The lowest BCUT2D eigenvalue weighted by Crippen LogP contribution is -2.56. The fourth-order valence-corrected chi connectivity index (χ4v) is 6.53. The lowest BCUT2D eigenvalue weighted by molar-refractivity contribution is -0.140. The van der Waals surface area contributed by atoms with Gasteiger partial charge in [-0.25, -0.2) is 8.42 Å². The molecule has 4 aromatic rings. The number of carbonyl (C=O) groups excluding carboxylic acids is 2. The minimum absolute atomic E-state index is 0.0485. The summed E-state index contributed by atoms with van der Waals surface area (Å²) in [7, 11) is -4.18. The molecule has 0 unspecified atom stereocenters. The molecule has 0 aliphatic carbocycles. The van der Waals surface area contributed by atoms with Crippen molar-refractivity contribution in [1.82, 2.24) is 10.2 Å². The second-order valence-corrected chi connectivity index (χ2v) is 14.6. The minimum atomic E-state index is -4.18. The largest absolute Gasteiger partial charge is 0.350 e. The topological polar surface area (TPSA) is 86.8 Å². The van der Waals surface area contributed by atoms with Gasteiger partial charge in [0.25, 0.3) is 10.0 Å². The molecule has 7 nitrogen and oxygen atoms in total. The predicted octanol–water partition coefficient (Wildman–Crippen LogP) is 6.71. The first-order chi connectivity index (χ1) is 21.2. The van der Waals surface area contributed by atoms with Gasteiger partial charge in [-0.2, -0.15) is 0 Å². The third-order valence-electron chi connectivity index (χ3n) is 7.21. The molecule has 4 aromatic carbocycles. The Kier molecular flexibility index (Phi) is 10.7. The zero-order valence-electron chi connectivity index (χ0n) is 26.3. The maximum absolute atomic E-state index is 14.5. The van der Waals surface area contributed by atoms with Gasteiger partial charge in [0.2, 0.25) is 11.8 Å². The summed E-state index contributed by atoms with van der Waals surface area (Å²) in [4.78, 5) is 30.0. The molecule has 0 saturated carbocycles. The van der Waals surface area contributed by atoms with Gasteiger partial charge in [0, 0.05) is 23.5 Å². The Morgan fingerprint density at radius 2 is 1.42 bits per heavy atom. The summed E-state index contributed by atoms with van der Waals surface area (Å²) in [6.07, 6.45) is 0.242. The first kappa shape index (κ1) is 33.7. The van der Waals surface area contributed by atoms with Crippen molar-refractivity contribution in [1.29, 1.82) is 0 Å². The Labute approximate surface area is 271 Å². The van der Waals surface area contributed by atoms with Gasteiger partial charge >= 0.3 is 0 Å². The molecular weight excluding hydrogens is 606 g/mol. The summed E-state index contributed by atoms with van der Waals surface area (Å²) in [5.41, 5.74) is 3.32. The molecule has 0 aromatic heterocycles. The Morgan fingerprint density at radius 3 is 2.02 bits per heavy atom. The van der Waals surface area contributed by atoms with Crippen LogP contribution in [0, 0.1) is 13.8 Å². The van der Waals surface area contributed by atoms with Crippen molar-refractivity contribution in [3.8, 4) is 0 Å². The number of halogens is 1. The second-order valence-electron chi connectivity index (χ2n) is 12.3. The monoisotopic (exact) mass is 645 g/mol. The quantitative estimate of drug-likeness (QED) is 0.197. The van der Waals surface area contributed by atoms with Crippen LogP contribution in [0.1, 0.15) is 43.0 Å². The van der Waals surface area contributed by atoms with E-state index in [9.17, 15) is 18.0 Å². The molecular formula is C36H40ClN3O4S.